The molecule has 0 saturated heterocycles. The second kappa shape index (κ2) is 6.61. The molecule has 0 unspecified atom stereocenters. The molecule has 2 aliphatic rings. The standard InChI is InChI=1S/C29H17F2NO2S/c1-29(2)20-8-5-7-16-15-6-3-4-9-24(15)32(25(16)20)28-21(29)11-14(35-28)10-19-26(33)17-12-22(30)23(31)13-18(17)27(19)34/h3-13H,1-2H3. The van der Waals surface area contributed by atoms with Crippen molar-refractivity contribution in [2.24, 2.45) is 0 Å². The number of thiophene rings is 1. The molecule has 1 aliphatic carbocycles. The highest BCUT2D eigenvalue weighted by Gasteiger charge is 2.38. The monoisotopic (exact) mass is 481 g/mol. The van der Waals surface area contributed by atoms with Gasteiger partial charge in [-0.1, -0.05) is 50.2 Å². The summed E-state index contributed by atoms with van der Waals surface area (Å²) in [6.45, 7) is 4.36. The molecule has 5 aromatic rings. The van der Waals surface area contributed by atoms with E-state index >= 15 is 0 Å². The fourth-order valence-corrected chi connectivity index (χ4v) is 6.83. The van der Waals surface area contributed by atoms with Crippen LogP contribution in [0, 0.1) is 11.6 Å². The van der Waals surface area contributed by atoms with Crippen molar-refractivity contribution >= 4 is 50.8 Å². The average molecular weight is 482 g/mol. The van der Waals surface area contributed by atoms with Gasteiger partial charge in [0.05, 0.1) is 16.6 Å². The molecule has 35 heavy (non-hydrogen) atoms. The summed E-state index contributed by atoms with van der Waals surface area (Å²) in [7, 11) is 0. The van der Waals surface area contributed by atoms with Crippen LogP contribution < -0.4 is 0 Å². The summed E-state index contributed by atoms with van der Waals surface area (Å²) in [4.78, 5) is 26.6. The molecule has 0 fully saturated rings. The Hall–Kier alpha value is -3.90. The van der Waals surface area contributed by atoms with Crippen LogP contribution >= 0.6 is 11.3 Å². The zero-order valence-electron chi connectivity index (χ0n) is 18.8. The van der Waals surface area contributed by atoms with Gasteiger partial charge in [-0.05, 0) is 41.5 Å². The summed E-state index contributed by atoms with van der Waals surface area (Å²) >= 11 is 1.50. The van der Waals surface area contributed by atoms with E-state index in [2.05, 4.69) is 48.7 Å². The van der Waals surface area contributed by atoms with E-state index < -0.39 is 23.2 Å². The summed E-state index contributed by atoms with van der Waals surface area (Å²) in [5, 5.41) is 3.40. The van der Waals surface area contributed by atoms with Crippen LogP contribution in [0.3, 0.4) is 0 Å². The first-order chi connectivity index (χ1) is 16.8. The predicted octanol–water partition coefficient (Wildman–Crippen LogP) is 7.23. The topological polar surface area (TPSA) is 39.1 Å². The normalized spacial score (nSPS) is 15.7. The van der Waals surface area contributed by atoms with E-state index in [4.69, 9.17) is 0 Å². The molecule has 1 aliphatic heterocycles. The molecular formula is C29H17F2NO2S. The summed E-state index contributed by atoms with van der Waals surface area (Å²) in [6.07, 6.45) is 1.56. The Labute approximate surface area is 202 Å². The summed E-state index contributed by atoms with van der Waals surface area (Å²) in [5.41, 5.74) is 4.02. The molecule has 7 rings (SSSR count). The molecule has 3 nitrogen and oxygen atoms in total. The van der Waals surface area contributed by atoms with Gasteiger partial charge in [0, 0.05) is 32.2 Å². The maximum Gasteiger partial charge on any atom is 0.197 e. The fraction of sp³-hybridized carbons (Fsp3) is 0.103. The second-order valence-electron chi connectivity index (χ2n) is 9.58. The van der Waals surface area contributed by atoms with E-state index in [1.54, 1.807) is 6.08 Å². The highest BCUT2D eigenvalue weighted by atomic mass is 32.1. The van der Waals surface area contributed by atoms with Crippen LogP contribution in [0.4, 0.5) is 8.78 Å². The number of carbonyl (C=O) groups is 2. The highest BCUT2D eigenvalue weighted by molar-refractivity contribution is 7.15. The van der Waals surface area contributed by atoms with Crippen molar-refractivity contribution in [3.05, 3.63) is 105 Å². The van der Waals surface area contributed by atoms with Crippen LogP contribution in [-0.4, -0.2) is 16.1 Å². The fourth-order valence-electron chi connectivity index (χ4n) is 5.55. The van der Waals surface area contributed by atoms with Crippen LogP contribution in [0.5, 0.6) is 0 Å². The van der Waals surface area contributed by atoms with Crippen molar-refractivity contribution in [3.63, 3.8) is 0 Å². The lowest BCUT2D eigenvalue weighted by molar-refractivity contribution is 0.0990. The van der Waals surface area contributed by atoms with Gasteiger partial charge in [0.25, 0.3) is 0 Å². The first-order valence-corrected chi connectivity index (χ1v) is 12.1. The number of halogens is 2. The minimum absolute atomic E-state index is 0.0681. The van der Waals surface area contributed by atoms with E-state index in [-0.39, 0.29) is 22.1 Å². The maximum atomic E-state index is 13.7. The quantitative estimate of drug-likeness (QED) is 0.187. The van der Waals surface area contributed by atoms with E-state index in [1.165, 1.54) is 33.2 Å². The van der Waals surface area contributed by atoms with Gasteiger partial charge in [0.1, 0.15) is 5.00 Å². The van der Waals surface area contributed by atoms with Crippen molar-refractivity contribution < 1.29 is 18.4 Å². The Morgan fingerprint density at radius 1 is 0.829 bits per heavy atom. The van der Waals surface area contributed by atoms with Crippen LogP contribution in [0.15, 0.2) is 66.2 Å². The van der Waals surface area contributed by atoms with Gasteiger partial charge < -0.3 is 4.57 Å². The molecule has 2 aromatic heterocycles. The molecule has 0 N–H and O–H groups in total. The number of benzene rings is 3. The first kappa shape index (κ1) is 20.5. The number of nitrogens with zero attached hydrogens (tertiary/aromatic N) is 1. The van der Waals surface area contributed by atoms with Gasteiger partial charge in [-0.25, -0.2) is 8.78 Å². The third kappa shape index (κ3) is 2.52. The third-order valence-electron chi connectivity index (χ3n) is 7.30. The van der Waals surface area contributed by atoms with Gasteiger partial charge in [-0.2, -0.15) is 0 Å². The molecule has 0 spiro atoms. The SMILES string of the molecule is CC1(C)c2cc(C=C3C(=O)c4cc(F)c(F)cc4C3=O)sc2-n2c3ccccc3c3cccc1c32. The Kier molecular flexibility index (Phi) is 3.87. The van der Waals surface area contributed by atoms with Crippen molar-refractivity contribution in [2.75, 3.05) is 0 Å². The number of para-hydroxylation sites is 2. The minimum atomic E-state index is -1.14. The van der Waals surface area contributed by atoms with Gasteiger partial charge in [-0.3, -0.25) is 9.59 Å². The average Bonchev–Trinajstić information content (AvgIpc) is 3.47. The Morgan fingerprint density at radius 3 is 2.20 bits per heavy atom. The molecule has 0 saturated carbocycles. The largest absolute Gasteiger partial charge is 0.300 e. The molecule has 3 heterocycles. The molecule has 3 aromatic carbocycles. The van der Waals surface area contributed by atoms with Crippen LogP contribution in [0.2, 0.25) is 0 Å². The second-order valence-corrected chi connectivity index (χ2v) is 10.6. The third-order valence-corrected chi connectivity index (χ3v) is 8.37. The lowest BCUT2D eigenvalue weighted by Crippen LogP contribution is -2.24. The van der Waals surface area contributed by atoms with E-state index in [0.717, 1.165) is 33.1 Å². The van der Waals surface area contributed by atoms with Crippen molar-refractivity contribution in [2.45, 2.75) is 19.3 Å². The van der Waals surface area contributed by atoms with Gasteiger partial charge in [-0.15, -0.1) is 11.3 Å². The zero-order valence-corrected chi connectivity index (χ0v) is 19.6. The molecule has 170 valence electrons. The Bertz CT molecular complexity index is 1790. The van der Waals surface area contributed by atoms with E-state index in [9.17, 15) is 18.4 Å². The number of Topliss-reactive ketones (excluding diaryl/α,β-unsaturated/α-hetero) is 2. The lowest BCUT2D eigenvalue weighted by atomic mass is 9.76. The summed E-state index contributed by atoms with van der Waals surface area (Å²) in [5.74, 6) is -3.43. The van der Waals surface area contributed by atoms with Crippen molar-refractivity contribution in [3.8, 4) is 5.00 Å². The minimum Gasteiger partial charge on any atom is -0.300 e. The lowest BCUT2D eigenvalue weighted by Gasteiger charge is -2.32. The highest BCUT2D eigenvalue weighted by Crippen LogP contribution is 2.50. The number of ketones is 2. The van der Waals surface area contributed by atoms with Gasteiger partial charge >= 0.3 is 0 Å². The summed E-state index contributed by atoms with van der Waals surface area (Å²) < 4.78 is 29.8. The van der Waals surface area contributed by atoms with E-state index in [1.807, 2.05) is 18.2 Å². The van der Waals surface area contributed by atoms with Crippen molar-refractivity contribution in [1.29, 1.82) is 0 Å². The molecule has 0 amide bonds. The summed E-state index contributed by atoms with van der Waals surface area (Å²) in [6, 6.07) is 18.3. The number of aromatic nitrogens is 1. The Morgan fingerprint density at radius 2 is 1.49 bits per heavy atom. The number of allylic oxidation sites excluding steroid dienone is 1. The predicted molar refractivity (Wildman–Crippen MR) is 134 cm³/mol. The van der Waals surface area contributed by atoms with Crippen molar-refractivity contribution in [1.82, 2.24) is 4.57 Å². The Balaban J connectivity index is 1.46. The van der Waals surface area contributed by atoms with Gasteiger partial charge in [0.15, 0.2) is 23.2 Å². The molecular weight excluding hydrogens is 464 g/mol. The number of hydrogen-bond donors (Lipinski definition) is 0. The maximum absolute atomic E-state index is 13.7. The van der Waals surface area contributed by atoms with Crippen LogP contribution in [0.25, 0.3) is 32.9 Å². The zero-order chi connectivity index (χ0) is 24.2. The number of hydrogen-bond acceptors (Lipinski definition) is 3. The number of fused-ring (bicyclic) bond motifs is 6. The molecule has 0 radical (unpaired) electrons. The smallest absolute Gasteiger partial charge is 0.197 e. The number of carbonyl (C=O) groups excluding carboxylic acids is 2. The van der Waals surface area contributed by atoms with E-state index in [0.29, 0.717) is 0 Å². The van der Waals surface area contributed by atoms with Gasteiger partial charge in [0.2, 0.25) is 0 Å². The molecule has 0 bridgehead atoms. The molecule has 0 atom stereocenters. The molecule has 6 heteroatoms. The van der Waals surface area contributed by atoms with Crippen LogP contribution in [0.1, 0.15) is 50.6 Å². The van der Waals surface area contributed by atoms with Crippen LogP contribution in [-0.2, 0) is 5.41 Å². The first-order valence-electron chi connectivity index (χ1n) is 11.2. The number of rotatable bonds is 1.